The third-order valence-corrected chi connectivity index (χ3v) is 5.56. The van der Waals surface area contributed by atoms with E-state index in [-0.39, 0.29) is 29.7 Å². The first-order valence-corrected chi connectivity index (χ1v) is 10.9. The smallest absolute Gasteiger partial charge is 0.416 e. The number of aromatic nitrogens is 6. The Hall–Kier alpha value is -4.68. The lowest BCUT2D eigenvalue weighted by Gasteiger charge is -2.09. The molecule has 0 aliphatic rings. The van der Waals surface area contributed by atoms with Gasteiger partial charge < -0.3 is 14.0 Å². The number of fused-ring (bicyclic) bond motifs is 1. The molecule has 0 bridgehead atoms. The summed E-state index contributed by atoms with van der Waals surface area (Å²) in [5, 5.41) is 8.31. The van der Waals surface area contributed by atoms with Gasteiger partial charge in [-0.15, -0.1) is 5.10 Å². The van der Waals surface area contributed by atoms with Crippen molar-refractivity contribution < 1.29 is 27.2 Å². The van der Waals surface area contributed by atoms with Crippen LogP contribution in [-0.2, 0) is 12.7 Å². The summed E-state index contributed by atoms with van der Waals surface area (Å²) in [6.45, 7) is 1.55. The number of para-hydroxylation sites is 1. The molecule has 10 nitrogen and oxygen atoms in total. The molecule has 0 atom stereocenters. The monoisotopic (exact) mass is 512 g/mol. The number of hydrogen-bond acceptors (Lipinski definition) is 8. The summed E-state index contributed by atoms with van der Waals surface area (Å²) in [6, 6.07) is 11.2. The molecule has 0 aliphatic carbocycles. The molecule has 3 aromatic heterocycles. The summed E-state index contributed by atoms with van der Waals surface area (Å²) in [6.07, 6.45) is -4.48. The fourth-order valence-electron chi connectivity index (χ4n) is 3.88. The van der Waals surface area contributed by atoms with Crippen molar-refractivity contribution in [2.24, 2.45) is 0 Å². The highest BCUT2D eigenvalue weighted by atomic mass is 19.4. The Morgan fingerprint density at radius 3 is 2.46 bits per heavy atom. The standard InChI is InChI=1S/C24H19F3N6O4/c1-13-11-18-30-32(12-19-29-21(31-37-19)16-5-4-6-17(35-2)20(16)36-3)23(34)33(18)22(28-13)14-7-9-15(10-8-14)24(25,26)27/h4-11H,12H2,1-3H3. The summed E-state index contributed by atoms with van der Waals surface area (Å²) in [5.74, 6) is 1.40. The van der Waals surface area contributed by atoms with E-state index < -0.39 is 17.4 Å². The number of methoxy groups -OCH3 is 2. The Morgan fingerprint density at radius 1 is 1.03 bits per heavy atom. The van der Waals surface area contributed by atoms with Crippen LogP contribution >= 0.6 is 0 Å². The van der Waals surface area contributed by atoms with Crippen LogP contribution in [0.25, 0.3) is 28.4 Å². The predicted octanol–water partition coefficient (Wildman–Crippen LogP) is 4.00. The first kappa shape index (κ1) is 24.0. The lowest BCUT2D eigenvalue weighted by Crippen LogP contribution is -2.23. The van der Waals surface area contributed by atoms with Gasteiger partial charge in [-0.1, -0.05) is 23.4 Å². The number of benzene rings is 2. The molecular weight excluding hydrogens is 493 g/mol. The van der Waals surface area contributed by atoms with Gasteiger partial charge in [0.15, 0.2) is 17.1 Å². The molecule has 37 heavy (non-hydrogen) atoms. The van der Waals surface area contributed by atoms with Crippen LogP contribution in [0.3, 0.4) is 0 Å². The Kier molecular flexibility index (Phi) is 5.90. The largest absolute Gasteiger partial charge is 0.493 e. The molecule has 5 aromatic rings. The molecule has 0 saturated carbocycles. The number of rotatable bonds is 6. The highest BCUT2D eigenvalue weighted by Crippen LogP contribution is 2.36. The Balaban J connectivity index is 1.52. The Morgan fingerprint density at radius 2 is 1.78 bits per heavy atom. The summed E-state index contributed by atoms with van der Waals surface area (Å²) in [4.78, 5) is 22.0. The fraction of sp³-hybridized carbons (Fsp3) is 0.208. The average molecular weight is 512 g/mol. The maximum Gasteiger partial charge on any atom is 0.416 e. The molecule has 0 fully saturated rings. The zero-order valence-electron chi connectivity index (χ0n) is 19.8. The van der Waals surface area contributed by atoms with Gasteiger partial charge in [-0.25, -0.2) is 18.9 Å². The van der Waals surface area contributed by atoms with E-state index in [4.69, 9.17) is 14.0 Å². The van der Waals surface area contributed by atoms with Gasteiger partial charge in [0.2, 0.25) is 11.7 Å². The number of ether oxygens (including phenoxy) is 2. The second-order valence-corrected chi connectivity index (χ2v) is 7.98. The van der Waals surface area contributed by atoms with Gasteiger partial charge in [-0.3, -0.25) is 0 Å². The van der Waals surface area contributed by atoms with Crippen LogP contribution in [0.4, 0.5) is 13.2 Å². The Labute approximate surface area is 206 Å². The van der Waals surface area contributed by atoms with Crippen LogP contribution in [0.5, 0.6) is 11.5 Å². The van der Waals surface area contributed by atoms with Crippen LogP contribution < -0.4 is 15.2 Å². The van der Waals surface area contributed by atoms with Crippen LogP contribution in [-0.4, -0.2) is 43.5 Å². The van der Waals surface area contributed by atoms with Crippen molar-refractivity contribution in [2.45, 2.75) is 19.6 Å². The van der Waals surface area contributed by atoms with Gasteiger partial charge in [0.1, 0.15) is 12.4 Å². The molecule has 0 spiro atoms. The van der Waals surface area contributed by atoms with E-state index in [0.29, 0.717) is 28.3 Å². The highest BCUT2D eigenvalue weighted by Gasteiger charge is 2.30. The zero-order valence-corrected chi connectivity index (χ0v) is 19.8. The third-order valence-electron chi connectivity index (χ3n) is 5.56. The quantitative estimate of drug-likeness (QED) is 0.336. The molecule has 5 rings (SSSR count). The van der Waals surface area contributed by atoms with Crippen LogP contribution in [0, 0.1) is 6.92 Å². The van der Waals surface area contributed by atoms with E-state index in [1.807, 2.05) is 0 Å². The second-order valence-electron chi connectivity index (χ2n) is 7.98. The molecule has 0 saturated heterocycles. The summed E-state index contributed by atoms with van der Waals surface area (Å²) >= 11 is 0. The van der Waals surface area contributed by atoms with E-state index in [1.165, 1.54) is 30.8 Å². The first-order chi connectivity index (χ1) is 17.7. The highest BCUT2D eigenvalue weighted by molar-refractivity contribution is 5.68. The SMILES string of the molecule is COc1cccc(-c2noc(Cn3nc4cc(C)nc(-c5ccc(C(F)(F)F)cc5)n4c3=O)n2)c1OC. The second kappa shape index (κ2) is 9.08. The summed E-state index contributed by atoms with van der Waals surface area (Å²) in [5.41, 5.74) is 0.280. The molecular formula is C24H19F3N6O4. The van der Waals surface area contributed by atoms with Gasteiger partial charge in [0, 0.05) is 17.3 Å². The maximum absolute atomic E-state index is 13.2. The number of nitrogens with zero attached hydrogens (tertiary/aromatic N) is 6. The van der Waals surface area contributed by atoms with Gasteiger partial charge in [0.05, 0.1) is 25.3 Å². The van der Waals surface area contributed by atoms with Gasteiger partial charge >= 0.3 is 11.9 Å². The van der Waals surface area contributed by atoms with Crippen molar-refractivity contribution >= 4 is 5.65 Å². The summed E-state index contributed by atoms with van der Waals surface area (Å²) in [7, 11) is 3.00. The van der Waals surface area contributed by atoms with E-state index in [9.17, 15) is 18.0 Å². The third kappa shape index (κ3) is 4.39. The minimum atomic E-state index is -4.48. The Bertz CT molecular complexity index is 1650. The van der Waals surface area contributed by atoms with Crippen molar-refractivity contribution in [1.82, 2.24) is 29.3 Å². The zero-order chi connectivity index (χ0) is 26.3. The number of hydrogen-bond donors (Lipinski definition) is 0. The van der Waals surface area contributed by atoms with Crippen molar-refractivity contribution in [3.8, 4) is 34.3 Å². The predicted molar refractivity (Wildman–Crippen MR) is 124 cm³/mol. The van der Waals surface area contributed by atoms with Gasteiger partial charge in [-0.2, -0.15) is 18.2 Å². The lowest BCUT2D eigenvalue weighted by atomic mass is 10.1. The van der Waals surface area contributed by atoms with Crippen molar-refractivity contribution in [3.05, 3.63) is 76.2 Å². The molecule has 190 valence electrons. The van der Waals surface area contributed by atoms with Crippen LogP contribution in [0.2, 0.25) is 0 Å². The van der Waals surface area contributed by atoms with Crippen molar-refractivity contribution in [3.63, 3.8) is 0 Å². The summed E-state index contributed by atoms with van der Waals surface area (Å²) < 4.78 is 57.4. The number of halogens is 3. The fourth-order valence-corrected chi connectivity index (χ4v) is 3.88. The molecule has 2 aromatic carbocycles. The first-order valence-electron chi connectivity index (χ1n) is 10.9. The normalized spacial score (nSPS) is 11.7. The maximum atomic E-state index is 13.2. The van der Waals surface area contributed by atoms with Crippen molar-refractivity contribution in [1.29, 1.82) is 0 Å². The minimum absolute atomic E-state index is 0.103. The number of aryl methyl sites for hydroxylation is 1. The van der Waals surface area contributed by atoms with Crippen LogP contribution in [0.1, 0.15) is 17.1 Å². The van der Waals surface area contributed by atoms with E-state index in [0.717, 1.165) is 16.8 Å². The van der Waals surface area contributed by atoms with Crippen molar-refractivity contribution in [2.75, 3.05) is 14.2 Å². The molecule has 13 heteroatoms. The van der Waals surface area contributed by atoms with E-state index in [2.05, 4.69) is 20.2 Å². The van der Waals surface area contributed by atoms with E-state index in [1.54, 1.807) is 31.2 Å². The van der Waals surface area contributed by atoms with Gasteiger partial charge in [-0.05, 0) is 31.2 Å². The van der Waals surface area contributed by atoms with Crippen LogP contribution in [0.15, 0.2) is 57.8 Å². The average Bonchev–Trinajstić information content (AvgIpc) is 3.46. The molecule has 0 N–H and O–H groups in total. The molecule has 0 unspecified atom stereocenters. The molecule has 3 heterocycles. The topological polar surface area (TPSA) is 110 Å². The van der Waals surface area contributed by atoms with Gasteiger partial charge in [0.25, 0.3) is 0 Å². The molecule has 0 amide bonds. The number of alkyl halides is 3. The van der Waals surface area contributed by atoms with E-state index >= 15 is 0 Å². The minimum Gasteiger partial charge on any atom is -0.493 e. The molecule has 0 radical (unpaired) electrons. The molecule has 0 aliphatic heterocycles. The lowest BCUT2D eigenvalue weighted by molar-refractivity contribution is -0.137.